The van der Waals surface area contributed by atoms with Crippen molar-refractivity contribution < 1.29 is 13.2 Å². The summed E-state index contributed by atoms with van der Waals surface area (Å²) in [4.78, 5) is 2.38. The molecule has 0 aromatic rings. The number of nitrogens with zero attached hydrogens (tertiary/aromatic N) is 2. The molecule has 1 atom stereocenters. The van der Waals surface area contributed by atoms with Crippen LogP contribution < -0.4 is 0 Å². The molecule has 0 N–H and O–H groups in total. The third kappa shape index (κ3) is 4.63. The van der Waals surface area contributed by atoms with Crippen molar-refractivity contribution in [3.05, 3.63) is 0 Å². The van der Waals surface area contributed by atoms with Crippen molar-refractivity contribution in [3.8, 4) is 0 Å². The van der Waals surface area contributed by atoms with E-state index in [0.717, 1.165) is 76.5 Å². The maximum atomic E-state index is 13.2. The molecule has 7 heteroatoms. The number of morpholine rings is 1. The Morgan fingerprint density at radius 3 is 2.48 bits per heavy atom. The second kappa shape index (κ2) is 8.52. The summed E-state index contributed by atoms with van der Waals surface area (Å²) in [5, 5.41) is -0.133. The highest BCUT2D eigenvalue weighted by atomic mass is 32.2. The molecule has 2 heterocycles. The van der Waals surface area contributed by atoms with E-state index in [4.69, 9.17) is 4.74 Å². The molecule has 3 aliphatic rings. The molecule has 2 aliphatic heterocycles. The van der Waals surface area contributed by atoms with Crippen molar-refractivity contribution in [2.45, 2.75) is 49.8 Å². The van der Waals surface area contributed by atoms with E-state index in [1.54, 1.807) is 0 Å². The zero-order chi connectivity index (χ0) is 16.1. The van der Waals surface area contributed by atoms with Crippen molar-refractivity contribution in [1.82, 2.24) is 9.21 Å². The normalized spacial score (nSPS) is 30.2. The second-order valence-electron chi connectivity index (χ2n) is 6.91. The van der Waals surface area contributed by atoms with Gasteiger partial charge in [-0.25, -0.2) is 8.42 Å². The average molecular weight is 363 g/mol. The Labute approximate surface area is 145 Å². The molecule has 0 bridgehead atoms. The maximum Gasteiger partial charge on any atom is 0.217 e. The van der Waals surface area contributed by atoms with E-state index in [9.17, 15) is 8.42 Å². The van der Waals surface area contributed by atoms with Crippen molar-refractivity contribution in [3.63, 3.8) is 0 Å². The highest BCUT2D eigenvalue weighted by Gasteiger charge is 2.38. The Bertz CT molecular complexity index is 460. The lowest BCUT2D eigenvalue weighted by Crippen LogP contribution is -2.52. The summed E-state index contributed by atoms with van der Waals surface area (Å²) in [6.45, 7) is 4.98. The minimum Gasteiger partial charge on any atom is -0.379 e. The molecule has 1 unspecified atom stereocenters. The zero-order valence-corrected chi connectivity index (χ0v) is 15.6. The first-order valence-corrected chi connectivity index (χ1v) is 11.7. The van der Waals surface area contributed by atoms with Gasteiger partial charge >= 0.3 is 0 Å². The summed E-state index contributed by atoms with van der Waals surface area (Å²) in [5.41, 5.74) is 0. The van der Waals surface area contributed by atoms with Crippen molar-refractivity contribution in [2.24, 2.45) is 0 Å². The van der Waals surface area contributed by atoms with Crippen LogP contribution in [-0.2, 0) is 14.8 Å². The lowest BCUT2D eigenvalue weighted by atomic mass is 10.0. The van der Waals surface area contributed by atoms with E-state index in [2.05, 4.69) is 4.90 Å². The van der Waals surface area contributed by atoms with Crippen LogP contribution in [0.15, 0.2) is 0 Å². The van der Waals surface area contributed by atoms with Crippen LogP contribution in [0.1, 0.15) is 38.5 Å². The smallest absolute Gasteiger partial charge is 0.217 e. The summed E-state index contributed by atoms with van der Waals surface area (Å²) in [6, 6.07) is 0.132. The highest BCUT2D eigenvalue weighted by Crippen LogP contribution is 2.29. The molecular weight excluding hydrogens is 332 g/mol. The van der Waals surface area contributed by atoms with E-state index in [-0.39, 0.29) is 11.3 Å². The summed E-state index contributed by atoms with van der Waals surface area (Å²) >= 11 is 1.91. The molecule has 2 saturated heterocycles. The Balaban J connectivity index is 1.71. The highest BCUT2D eigenvalue weighted by molar-refractivity contribution is 7.99. The SMILES string of the molecule is O=S(=O)(C1CCCCC1)N1CCCSCC1CN1CCOCC1. The van der Waals surface area contributed by atoms with Gasteiger partial charge in [0.25, 0.3) is 0 Å². The van der Waals surface area contributed by atoms with Gasteiger partial charge in [0.2, 0.25) is 10.0 Å². The second-order valence-corrected chi connectivity index (χ2v) is 10.2. The van der Waals surface area contributed by atoms with E-state index in [1.807, 2.05) is 16.1 Å². The molecule has 3 rings (SSSR count). The minimum absolute atomic E-state index is 0.132. The van der Waals surface area contributed by atoms with Gasteiger partial charge in [-0.05, 0) is 25.0 Å². The third-order valence-electron chi connectivity index (χ3n) is 5.26. The lowest BCUT2D eigenvalue weighted by molar-refractivity contribution is 0.0308. The number of thioether (sulfide) groups is 1. The van der Waals surface area contributed by atoms with Gasteiger partial charge in [0.15, 0.2) is 0 Å². The first-order valence-electron chi connectivity index (χ1n) is 9.06. The molecule has 134 valence electrons. The van der Waals surface area contributed by atoms with Crippen LogP contribution in [0.2, 0.25) is 0 Å². The number of ether oxygens (including phenoxy) is 1. The Morgan fingerprint density at radius 1 is 1.00 bits per heavy atom. The first-order chi connectivity index (χ1) is 11.2. The van der Waals surface area contributed by atoms with Crippen LogP contribution in [0.4, 0.5) is 0 Å². The Kier molecular flexibility index (Phi) is 6.66. The third-order valence-corrected chi connectivity index (χ3v) is 8.90. The van der Waals surface area contributed by atoms with E-state index >= 15 is 0 Å². The maximum absolute atomic E-state index is 13.2. The Hall–Kier alpha value is 0.180. The molecule has 5 nitrogen and oxygen atoms in total. The van der Waals surface area contributed by atoms with Gasteiger partial charge in [-0.2, -0.15) is 16.1 Å². The summed E-state index contributed by atoms with van der Waals surface area (Å²) in [6.07, 6.45) is 6.03. The molecule has 0 amide bonds. The largest absolute Gasteiger partial charge is 0.379 e. The predicted octanol–water partition coefficient (Wildman–Crippen LogP) is 1.79. The molecule has 0 spiro atoms. The molecule has 3 fully saturated rings. The van der Waals surface area contributed by atoms with E-state index in [1.165, 1.54) is 6.42 Å². The predicted molar refractivity (Wildman–Crippen MR) is 95.5 cm³/mol. The zero-order valence-electron chi connectivity index (χ0n) is 14.0. The number of rotatable bonds is 4. The standard InChI is InChI=1S/C16H30N2O3S2/c19-23(20,16-5-2-1-3-6-16)18-7-4-12-22-14-15(18)13-17-8-10-21-11-9-17/h15-16H,1-14H2. The van der Waals surface area contributed by atoms with Gasteiger partial charge in [-0.1, -0.05) is 19.3 Å². The van der Waals surface area contributed by atoms with Crippen LogP contribution in [0, 0.1) is 0 Å². The van der Waals surface area contributed by atoms with Crippen LogP contribution in [0.3, 0.4) is 0 Å². The molecule has 1 saturated carbocycles. The summed E-state index contributed by atoms with van der Waals surface area (Å²) < 4.78 is 33.7. The summed E-state index contributed by atoms with van der Waals surface area (Å²) in [7, 11) is -3.15. The van der Waals surface area contributed by atoms with Gasteiger partial charge < -0.3 is 4.74 Å². The topological polar surface area (TPSA) is 49.9 Å². The Morgan fingerprint density at radius 2 is 1.74 bits per heavy atom. The number of hydrogen-bond acceptors (Lipinski definition) is 5. The van der Waals surface area contributed by atoms with Crippen LogP contribution in [0.25, 0.3) is 0 Å². The minimum atomic E-state index is -3.15. The number of hydrogen-bond donors (Lipinski definition) is 0. The molecule has 0 aromatic carbocycles. The van der Waals surface area contributed by atoms with Crippen LogP contribution in [-0.4, -0.2) is 79.8 Å². The molecular formula is C16H30N2O3S2. The van der Waals surface area contributed by atoms with Gasteiger partial charge in [0.05, 0.1) is 18.5 Å². The lowest BCUT2D eigenvalue weighted by Gasteiger charge is -2.37. The van der Waals surface area contributed by atoms with Crippen molar-refractivity contribution in [1.29, 1.82) is 0 Å². The van der Waals surface area contributed by atoms with Crippen LogP contribution in [0.5, 0.6) is 0 Å². The molecule has 1 aliphatic carbocycles. The van der Waals surface area contributed by atoms with Crippen LogP contribution >= 0.6 is 11.8 Å². The number of sulfonamides is 1. The fraction of sp³-hybridized carbons (Fsp3) is 1.00. The van der Waals surface area contributed by atoms with Gasteiger partial charge in [0.1, 0.15) is 0 Å². The molecule has 23 heavy (non-hydrogen) atoms. The fourth-order valence-corrected chi connectivity index (χ4v) is 7.33. The monoisotopic (exact) mass is 362 g/mol. The fourth-order valence-electron chi connectivity index (χ4n) is 3.92. The van der Waals surface area contributed by atoms with Crippen molar-refractivity contribution in [2.75, 3.05) is 50.9 Å². The van der Waals surface area contributed by atoms with E-state index in [0.29, 0.717) is 6.54 Å². The quantitative estimate of drug-likeness (QED) is 0.763. The van der Waals surface area contributed by atoms with Gasteiger partial charge in [0, 0.05) is 38.0 Å². The average Bonchev–Trinajstić information content (AvgIpc) is 2.82. The van der Waals surface area contributed by atoms with E-state index < -0.39 is 10.0 Å². The molecule has 0 radical (unpaired) electrons. The molecule has 0 aromatic heterocycles. The first kappa shape index (κ1) is 18.0. The van der Waals surface area contributed by atoms with Gasteiger partial charge in [-0.3, -0.25) is 4.90 Å². The van der Waals surface area contributed by atoms with Crippen molar-refractivity contribution >= 4 is 21.8 Å². The van der Waals surface area contributed by atoms with Gasteiger partial charge in [-0.15, -0.1) is 0 Å². The summed E-state index contributed by atoms with van der Waals surface area (Å²) in [5.74, 6) is 2.01.